The molecule has 0 spiro atoms. The molecule has 39 heavy (non-hydrogen) atoms. The van der Waals surface area contributed by atoms with Gasteiger partial charge in [-0.1, -0.05) is 129 Å². The number of hydrazine groups is 2. The van der Waals surface area contributed by atoms with Gasteiger partial charge in [0, 0.05) is 0 Å². The van der Waals surface area contributed by atoms with Crippen molar-refractivity contribution in [2.45, 2.75) is 142 Å². The molecule has 0 atom stereocenters. The van der Waals surface area contributed by atoms with E-state index in [0.29, 0.717) is 13.2 Å². The lowest BCUT2D eigenvalue weighted by Gasteiger charge is -2.12. The number of hydrogen-bond acceptors (Lipinski definition) is 7. The first-order chi connectivity index (χ1) is 19.1. The number of rotatable bonds is 26. The van der Waals surface area contributed by atoms with Crippen LogP contribution in [0.2, 0.25) is 0 Å². The van der Waals surface area contributed by atoms with Crippen molar-refractivity contribution < 1.29 is 19.1 Å². The van der Waals surface area contributed by atoms with Gasteiger partial charge in [0.05, 0.1) is 13.2 Å². The van der Waals surface area contributed by atoms with Crippen LogP contribution in [0.3, 0.4) is 0 Å². The molecule has 1 aromatic rings. The summed E-state index contributed by atoms with van der Waals surface area (Å²) in [6.07, 6.45) is 24.4. The number of amides is 2. The predicted molar refractivity (Wildman–Crippen MR) is 162 cm³/mol. The third kappa shape index (κ3) is 15.5. The highest BCUT2D eigenvalue weighted by Gasteiger charge is 2.29. The van der Waals surface area contributed by atoms with E-state index >= 15 is 0 Å². The third-order valence-corrected chi connectivity index (χ3v) is 8.14. The van der Waals surface area contributed by atoms with E-state index in [1.807, 2.05) is 0 Å². The average Bonchev–Trinajstić information content (AvgIpc) is 3.31. The van der Waals surface area contributed by atoms with Crippen LogP contribution >= 0.6 is 11.3 Å². The molecule has 1 rings (SSSR count). The number of carbonyl (C=O) groups excluding carboxylic acids is 2. The van der Waals surface area contributed by atoms with E-state index in [4.69, 9.17) is 21.2 Å². The number of carbonyl (C=O) groups is 2. The van der Waals surface area contributed by atoms with Gasteiger partial charge in [0.1, 0.15) is 9.75 Å². The Morgan fingerprint density at radius 2 is 0.821 bits per heavy atom. The van der Waals surface area contributed by atoms with Crippen molar-refractivity contribution in [1.29, 1.82) is 0 Å². The van der Waals surface area contributed by atoms with Crippen molar-refractivity contribution in [2.24, 2.45) is 11.7 Å². The maximum absolute atomic E-state index is 12.4. The highest BCUT2D eigenvalue weighted by molar-refractivity contribution is 7.16. The van der Waals surface area contributed by atoms with Gasteiger partial charge in [0.2, 0.25) is 0 Å². The van der Waals surface area contributed by atoms with Crippen LogP contribution in [0.5, 0.6) is 11.5 Å². The molecule has 1 aromatic heterocycles. The summed E-state index contributed by atoms with van der Waals surface area (Å²) in [5.74, 6) is 10.3. The van der Waals surface area contributed by atoms with Crippen LogP contribution < -0.4 is 32.0 Å². The van der Waals surface area contributed by atoms with Gasteiger partial charge >= 0.3 is 0 Å². The Labute approximate surface area is 241 Å². The fourth-order valence-electron chi connectivity index (χ4n) is 4.62. The lowest BCUT2D eigenvalue weighted by molar-refractivity contribution is 0.0943. The Bertz CT molecular complexity index is 712. The van der Waals surface area contributed by atoms with E-state index in [0.717, 1.165) is 37.0 Å². The number of nitrogens with two attached hydrogens (primary N) is 2. The topological polar surface area (TPSA) is 129 Å². The molecule has 8 nitrogen and oxygen atoms in total. The number of unbranched alkanes of at least 4 members (excludes halogenated alkanes) is 18. The fraction of sp³-hybridized carbons (Fsp3) is 0.800. The van der Waals surface area contributed by atoms with E-state index in [9.17, 15) is 9.59 Å². The molecule has 2 amide bonds. The van der Waals surface area contributed by atoms with Crippen LogP contribution in [0.4, 0.5) is 0 Å². The standard InChI is InChI=1S/C30H56N4O4S/c1-3-5-7-9-11-13-15-17-19-21-23-37-25-26(28(30(36)34-32)39-27(25)29(35)33-31)38-24-22-20-18-16-14-12-10-8-6-4-2/h3-24,31-32H2,1-2H3,(H,33,35)(H,34,36). The Morgan fingerprint density at radius 3 is 1.10 bits per heavy atom. The average molecular weight is 569 g/mol. The van der Waals surface area contributed by atoms with E-state index in [1.165, 1.54) is 103 Å². The molecule has 0 unspecified atom stereocenters. The Kier molecular flexibility index (Phi) is 21.7. The lowest BCUT2D eigenvalue weighted by Crippen LogP contribution is -2.30. The van der Waals surface area contributed by atoms with Crippen molar-refractivity contribution in [1.82, 2.24) is 10.9 Å². The van der Waals surface area contributed by atoms with E-state index in [-0.39, 0.29) is 21.3 Å². The molecule has 9 heteroatoms. The van der Waals surface area contributed by atoms with E-state index in [2.05, 4.69) is 24.7 Å². The van der Waals surface area contributed by atoms with Crippen LogP contribution in [-0.2, 0) is 0 Å². The Balaban J connectivity index is 2.54. The highest BCUT2D eigenvalue weighted by Crippen LogP contribution is 2.42. The van der Waals surface area contributed by atoms with Gasteiger partial charge in [-0.25, -0.2) is 11.7 Å². The van der Waals surface area contributed by atoms with Gasteiger partial charge in [-0.05, 0) is 12.8 Å². The zero-order valence-corrected chi connectivity index (χ0v) is 25.6. The monoisotopic (exact) mass is 568 g/mol. The smallest absolute Gasteiger partial charge is 0.279 e. The first kappa shape index (κ1) is 35.2. The quantitative estimate of drug-likeness (QED) is 0.0395. The second-order valence-corrected chi connectivity index (χ2v) is 11.4. The summed E-state index contributed by atoms with van der Waals surface area (Å²) < 4.78 is 12.1. The molecule has 0 aliphatic rings. The summed E-state index contributed by atoms with van der Waals surface area (Å²) in [7, 11) is 0. The molecule has 0 aliphatic heterocycles. The van der Waals surface area contributed by atoms with Gasteiger partial charge in [0.15, 0.2) is 11.5 Å². The van der Waals surface area contributed by atoms with Gasteiger partial charge in [-0.3, -0.25) is 20.4 Å². The fourth-order valence-corrected chi connectivity index (χ4v) is 5.62. The number of thiophene rings is 1. The number of hydrogen-bond donors (Lipinski definition) is 4. The van der Waals surface area contributed by atoms with Crippen molar-refractivity contribution in [3.63, 3.8) is 0 Å². The second-order valence-electron chi connectivity index (χ2n) is 10.4. The lowest BCUT2D eigenvalue weighted by atomic mass is 10.1. The minimum absolute atomic E-state index is 0.223. The first-order valence-electron chi connectivity index (χ1n) is 15.5. The summed E-state index contributed by atoms with van der Waals surface area (Å²) in [5.41, 5.74) is 4.29. The molecule has 0 radical (unpaired) electrons. The summed E-state index contributed by atoms with van der Waals surface area (Å²) in [5, 5.41) is 0. The molecule has 6 N–H and O–H groups in total. The molecule has 0 saturated heterocycles. The van der Waals surface area contributed by atoms with Crippen LogP contribution in [0.25, 0.3) is 0 Å². The van der Waals surface area contributed by atoms with Crippen LogP contribution in [0, 0.1) is 0 Å². The summed E-state index contributed by atoms with van der Waals surface area (Å²) in [4.78, 5) is 25.3. The normalized spacial score (nSPS) is 11.0. The highest BCUT2D eigenvalue weighted by atomic mass is 32.1. The number of ether oxygens (including phenoxy) is 2. The van der Waals surface area contributed by atoms with Crippen LogP contribution in [-0.4, -0.2) is 25.0 Å². The number of nitrogen functional groups attached to an aromatic ring is 2. The maximum atomic E-state index is 12.4. The van der Waals surface area contributed by atoms with Crippen molar-refractivity contribution in [3.05, 3.63) is 9.75 Å². The molecular weight excluding hydrogens is 512 g/mol. The van der Waals surface area contributed by atoms with Crippen molar-refractivity contribution in [3.8, 4) is 11.5 Å². The van der Waals surface area contributed by atoms with Crippen molar-refractivity contribution in [2.75, 3.05) is 13.2 Å². The van der Waals surface area contributed by atoms with Gasteiger partial charge in [0.25, 0.3) is 11.8 Å². The Hall–Kier alpha value is -1.84. The molecular formula is C30H56N4O4S. The largest absolute Gasteiger partial charge is 0.488 e. The van der Waals surface area contributed by atoms with Crippen LogP contribution in [0.15, 0.2) is 0 Å². The van der Waals surface area contributed by atoms with Crippen LogP contribution in [0.1, 0.15) is 162 Å². The Morgan fingerprint density at radius 1 is 0.538 bits per heavy atom. The minimum Gasteiger partial charge on any atom is -0.488 e. The second kappa shape index (κ2) is 24.0. The first-order valence-corrected chi connectivity index (χ1v) is 16.4. The summed E-state index contributed by atoms with van der Waals surface area (Å²) in [6, 6.07) is 0. The summed E-state index contributed by atoms with van der Waals surface area (Å²) in [6.45, 7) is 5.36. The van der Waals surface area contributed by atoms with Gasteiger partial charge < -0.3 is 9.47 Å². The minimum atomic E-state index is -0.516. The maximum Gasteiger partial charge on any atom is 0.279 e. The molecule has 0 aromatic carbocycles. The molecule has 1 heterocycles. The van der Waals surface area contributed by atoms with Gasteiger partial charge in [-0.2, -0.15) is 0 Å². The van der Waals surface area contributed by atoms with E-state index < -0.39 is 11.8 Å². The zero-order chi connectivity index (χ0) is 28.6. The SMILES string of the molecule is CCCCCCCCCCCCOc1c(C(=O)NN)sc(C(=O)NN)c1OCCCCCCCCCCCC. The molecule has 0 saturated carbocycles. The summed E-state index contributed by atoms with van der Waals surface area (Å²) >= 11 is 0.983. The molecule has 0 aliphatic carbocycles. The third-order valence-electron chi connectivity index (χ3n) is 6.99. The molecule has 226 valence electrons. The number of nitrogens with one attached hydrogen (secondary N) is 2. The zero-order valence-electron chi connectivity index (χ0n) is 24.8. The molecule has 0 fully saturated rings. The molecule has 0 bridgehead atoms. The van der Waals surface area contributed by atoms with Crippen molar-refractivity contribution >= 4 is 23.2 Å². The van der Waals surface area contributed by atoms with E-state index in [1.54, 1.807) is 0 Å². The van der Waals surface area contributed by atoms with Gasteiger partial charge in [-0.15, -0.1) is 11.3 Å². The predicted octanol–water partition coefficient (Wildman–Crippen LogP) is 7.55.